The van der Waals surface area contributed by atoms with Gasteiger partial charge >= 0.3 is 0 Å². The molecule has 3 aromatic carbocycles. The number of carbonyl (C=O) groups is 1. The molecular formula is C26H31N3O. The number of nitrogens with one attached hydrogen (secondary N) is 1. The number of hydrogen-bond acceptors (Lipinski definition) is 3. The van der Waals surface area contributed by atoms with Crippen LogP contribution in [0.2, 0.25) is 0 Å². The molecule has 5 N–H and O–H groups in total. The van der Waals surface area contributed by atoms with E-state index in [1.807, 2.05) is 12.1 Å². The summed E-state index contributed by atoms with van der Waals surface area (Å²) in [5, 5.41) is 3.85. The van der Waals surface area contributed by atoms with E-state index in [1.54, 1.807) is 0 Å². The molecule has 0 fully saturated rings. The lowest BCUT2D eigenvalue weighted by molar-refractivity contribution is -0.119. The van der Waals surface area contributed by atoms with Gasteiger partial charge < -0.3 is 11.5 Å². The normalized spacial score (nSPS) is 12.5. The second-order valence-electron chi connectivity index (χ2n) is 7.78. The summed E-state index contributed by atoms with van der Waals surface area (Å²) < 4.78 is 0. The minimum absolute atomic E-state index is 0.439. The zero-order chi connectivity index (χ0) is 21.4. The monoisotopic (exact) mass is 401 g/mol. The zero-order valence-electron chi connectivity index (χ0n) is 17.6. The summed E-state index contributed by atoms with van der Waals surface area (Å²) in [5.41, 5.74) is 15.4. The Hall–Kier alpha value is -2.95. The summed E-state index contributed by atoms with van der Waals surface area (Å²) in [6, 6.07) is 29.2. The Bertz CT molecular complexity index is 884. The molecule has 0 aliphatic heterocycles. The average Bonchev–Trinajstić information content (AvgIpc) is 2.78. The van der Waals surface area contributed by atoms with Gasteiger partial charge in [0.2, 0.25) is 5.91 Å². The van der Waals surface area contributed by atoms with Crippen molar-refractivity contribution in [3.05, 3.63) is 107 Å². The van der Waals surface area contributed by atoms with Gasteiger partial charge in [-0.15, -0.1) is 0 Å². The minimum atomic E-state index is -0.574. The van der Waals surface area contributed by atoms with Gasteiger partial charge in [-0.2, -0.15) is 0 Å². The molecule has 156 valence electrons. The maximum absolute atomic E-state index is 11.2. The summed E-state index contributed by atoms with van der Waals surface area (Å²) in [6.45, 7) is 2.88. The predicted octanol–water partition coefficient (Wildman–Crippen LogP) is 3.86. The number of amides is 1. The number of nitrogens with two attached hydrogens (primary N) is 2. The molecule has 4 nitrogen and oxygen atoms in total. The average molecular weight is 402 g/mol. The van der Waals surface area contributed by atoms with Crippen molar-refractivity contribution < 1.29 is 4.79 Å². The van der Waals surface area contributed by atoms with Crippen molar-refractivity contribution in [1.82, 2.24) is 5.32 Å². The van der Waals surface area contributed by atoms with Gasteiger partial charge in [0.1, 0.15) is 0 Å². The topological polar surface area (TPSA) is 81.1 Å². The number of carbonyl (C=O) groups excluding carboxylic acids is 1. The van der Waals surface area contributed by atoms with Gasteiger partial charge in [0, 0.05) is 0 Å². The second-order valence-corrected chi connectivity index (χ2v) is 7.78. The standard InChI is InChI=1S/C26H31N3O/c1-20-15-17-23(18-16-20)26(21-10-4-2-5-11-21,22-12-6-3-7-13-22)29-19-9-8-14-24(27)25(28)30/h2-7,10-13,15-18,24,29H,8-9,14,19,27H2,1H3,(H2,28,30)/t24-/m0/s1. The molecule has 0 aromatic heterocycles. The number of unbranched alkanes of at least 4 members (excludes halogenated alkanes) is 1. The molecule has 0 aliphatic carbocycles. The first-order valence-corrected chi connectivity index (χ1v) is 10.5. The van der Waals surface area contributed by atoms with E-state index >= 15 is 0 Å². The molecule has 30 heavy (non-hydrogen) atoms. The van der Waals surface area contributed by atoms with E-state index in [4.69, 9.17) is 11.5 Å². The Balaban J connectivity index is 1.95. The maximum atomic E-state index is 11.2. The van der Waals surface area contributed by atoms with Crippen LogP contribution in [-0.4, -0.2) is 18.5 Å². The van der Waals surface area contributed by atoms with E-state index in [0.29, 0.717) is 6.42 Å². The van der Waals surface area contributed by atoms with Gasteiger partial charge in [-0.3, -0.25) is 10.1 Å². The van der Waals surface area contributed by atoms with Crippen LogP contribution in [0.25, 0.3) is 0 Å². The van der Waals surface area contributed by atoms with Crippen LogP contribution < -0.4 is 16.8 Å². The Morgan fingerprint density at radius 3 is 1.83 bits per heavy atom. The van der Waals surface area contributed by atoms with E-state index in [9.17, 15) is 4.79 Å². The summed E-state index contributed by atoms with van der Waals surface area (Å²) in [4.78, 5) is 11.2. The van der Waals surface area contributed by atoms with Gasteiger partial charge in [0.05, 0.1) is 11.6 Å². The molecular weight excluding hydrogens is 370 g/mol. The Morgan fingerprint density at radius 1 is 0.833 bits per heavy atom. The van der Waals surface area contributed by atoms with Crippen molar-refractivity contribution in [2.75, 3.05) is 6.54 Å². The number of aryl methyl sites for hydroxylation is 1. The third-order valence-electron chi connectivity index (χ3n) is 5.60. The predicted molar refractivity (Wildman–Crippen MR) is 123 cm³/mol. The van der Waals surface area contributed by atoms with Gasteiger partial charge in [0.15, 0.2) is 0 Å². The van der Waals surface area contributed by atoms with Crippen LogP contribution >= 0.6 is 0 Å². The van der Waals surface area contributed by atoms with Crippen molar-refractivity contribution in [1.29, 1.82) is 0 Å². The second kappa shape index (κ2) is 10.2. The Labute approximate surface area is 179 Å². The van der Waals surface area contributed by atoms with Gasteiger partial charge in [-0.25, -0.2) is 0 Å². The van der Waals surface area contributed by atoms with Crippen molar-refractivity contribution in [2.24, 2.45) is 11.5 Å². The van der Waals surface area contributed by atoms with E-state index in [-0.39, 0.29) is 0 Å². The van der Waals surface area contributed by atoms with Crippen LogP contribution in [0.4, 0.5) is 0 Å². The molecule has 0 spiro atoms. The molecule has 0 aliphatic rings. The summed E-state index contributed by atoms with van der Waals surface area (Å²) in [7, 11) is 0. The molecule has 1 amide bonds. The van der Waals surface area contributed by atoms with E-state index < -0.39 is 17.5 Å². The van der Waals surface area contributed by atoms with Crippen molar-refractivity contribution in [3.8, 4) is 0 Å². The van der Waals surface area contributed by atoms with Crippen molar-refractivity contribution >= 4 is 5.91 Å². The molecule has 0 radical (unpaired) electrons. The number of primary amides is 1. The first kappa shape index (κ1) is 21.8. The lowest BCUT2D eigenvalue weighted by atomic mass is 9.76. The summed E-state index contributed by atoms with van der Waals surface area (Å²) >= 11 is 0. The fourth-order valence-electron chi connectivity index (χ4n) is 3.89. The zero-order valence-corrected chi connectivity index (χ0v) is 17.6. The fourth-order valence-corrected chi connectivity index (χ4v) is 3.89. The molecule has 0 heterocycles. The highest BCUT2D eigenvalue weighted by Crippen LogP contribution is 2.37. The Kier molecular flexibility index (Phi) is 7.39. The molecule has 0 bridgehead atoms. The van der Waals surface area contributed by atoms with Gasteiger partial charge in [-0.05, 0) is 43.0 Å². The minimum Gasteiger partial charge on any atom is -0.368 e. The SMILES string of the molecule is Cc1ccc(C(NCCCC[C@H](N)C(N)=O)(c2ccccc2)c2ccccc2)cc1. The number of hydrogen-bond donors (Lipinski definition) is 3. The third kappa shape index (κ3) is 4.96. The number of benzene rings is 3. The van der Waals surface area contributed by atoms with Crippen LogP contribution in [0.1, 0.15) is 41.5 Å². The van der Waals surface area contributed by atoms with E-state index in [2.05, 4.69) is 85.0 Å². The lowest BCUT2D eigenvalue weighted by Crippen LogP contribution is -2.45. The molecule has 3 rings (SSSR count). The van der Waals surface area contributed by atoms with Crippen LogP contribution in [0, 0.1) is 6.92 Å². The van der Waals surface area contributed by atoms with Gasteiger partial charge in [0.25, 0.3) is 0 Å². The van der Waals surface area contributed by atoms with E-state index in [1.165, 1.54) is 22.3 Å². The Morgan fingerprint density at radius 2 is 1.33 bits per heavy atom. The highest BCUT2D eigenvalue weighted by Gasteiger charge is 2.35. The number of rotatable bonds is 10. The van der Waals surface area contributed by atoms with Gasteiger partial charge in [-0.1, -0.05) is 96.9 Å². The molecule has 0 saturated heterocycles. The van der Waals surface area contributed by atoms with Crippen molar-refractivity contribution in [3.63, 3.8) is 0 Å². The molecule has 0 unspecified atom stereocenters. The molecule has 1 atom stereocenters. The van der Waals surface area contributed by atoms with Crippen molar-refractivity contribution in [2.45, 2.75) is 37.8 Å². The lowest BCUT2D eigenvalue weighted by Gasteiger charge is -2.37. The summed E-state index contributed by atoms with van der Waals surface area (Å²) in [5.74, 6) is -0.439. The quantitative estimate of drug-likeness (QED) is 0.356. The van der Waals surface area contributed by atoms with Crippen LogP contribution in [0.15, 0.2) is 84.9 Å². The maximum Gasteiger partial charge on any atom is 0.234 e. The van der Waals surface area contributed by atoms with Crippen LogP contribution in [0.5, 0.6) is 0 Å². The third-order valence-corrected chi connectivity index (χ3v) is 5.60. The highest BCUT2D eigenvalue weighted by molar-refractivity contribution is 5.79. The van der Waals surface area contributed by atoms with Crippen LogP contribution in [-0.2, 0) is 10.3 Å². The summed E-state index contributed by atoms with van der Waals surface area (Å²) in [6.07, 6.45) is 2.34. The fraction of sp³-hybridized carbons (Fsp3) is 0.269. The first-order valence-electron chi connectivity index (χ1n) is 10.5. The molecule has 4 heteroatoms. The smallest absolute Gasteiger partial charge is 0.234 e. The van der Waals surface area contributed by atoms with Crippen LogP contribution in [0.3, 0.4) is 0 Å². The molecule has 3 aromatic rings. The largest absolute Gasteiger partial charge is 0.368 e. The first-order chi connectivity index (χ1) is 14.5. The highest BCUT2D eigenvalue weighted by atomic mass is 16.1. The van der Waals surface area contributed by atoms with E-state index in [0.717, 1.165) is 19.4 Å². The molecule has 0 saturated carbocycles.